The minimum Gasteiger partial charge on any atom is -0.496 e. The van der Waals surface area contributed by atoms with Gasteiger partial charge in [-0.2, -0.15) is 0 Å². The summed E-state index contributed by atoms with van der Waals surface area (Å²) in [7, 11) is 1.57. The Balaban J connectivity index is 1.66. The highest BCUT2D eigenvalue weighted by molar-refractivity contribution is 5.97. The summed E-state index contributed by atoms with van der Waals surface area (Å²) in [4.78, 5) is 22.3. The van der Waals surface area contributed by atoms with Gasteiger partial charge in [0.05, 0.1) is 19.2 Å². The Hall–Kier alpha value is -2.63. The summed E-state index contributed by atoms with van der Waals surface area (Å²) in [6, 6.07) is 8.96. The third-order valence-corrected chi connectivity index (χ3v) is 3.61. The molecule has 0 unspecified atom stereocenters. The highest BCUT2D eigenvalue weighted by Gasteiger charge is 2.29. The van der Waals surface area contributed by atoms with E-state index in [0.29, 0.717) is 30.3 Å². The molecule has 2 aromatic rings. The summed E-state index contributed by atoms with van der Waals surface area (Å²) in [6.45, 7) is 1.20. The smallest absolute Gasteiger partial charge is 0.257 e. The fourth-order valence-electron chi connectivity index (χ4n) is 2.52. The number of hydrogen-bond donors (Lipinski definition) is 0. The maximum absolute atomic E-state index is 12.6. The fourth-order valence-corrected chi connectivity index (χ4v) is 2.52. The molecule has 0 aliphatic carbocycles. The number of amides is 1. The van der Waals surface area contributed by atoms with Crippen LogP contribution < -0.4 is 9.47 Å². The Labute approximate surface area is 128 Å². The average molecular weight is 299 g/mol. The van der Waals surface area contributed by atoms with Crippen molar-refractivity contribution in [3.8, 4) is 11.6 Å². The Bertz CT molecular complexity index is 648. The lowest BCUT2D eigenvalue weighted by Crippen LogP contribution is -2.31. The number of benzene rings is 1. The van der Waals surface area contributed by atoms with Gasteiger partial charge in [0.25, 0.3) is 5.91 Å². The minimum absolute atomic E-state index is 0.0359. The van der Waals surface area contributed by atoms with Gasteiger partial charge in [-0.05, 0) is 12.1 Å². The first-order valence-electron chi connectivity index (χ1n) is 7.13. The number of likely N-dealkylation sites (tertiary alicyclic amines) is 1. The summed E-state index contributed by atoms with van der Waals surface area (Å²) < 4.78 is 11.0. The Morgan fingerprint density at radius 3 is 2.95 bits per heavy atom. The molecule has 1 amide bonds. The van der Waals surface area contributed by atoms with Crippen molar-refractivity contribution in [1.29, 1.82) is 0 Å². The first-order chi connectivity index (χ1) is 10.8. The lowest BCUT2D eigenvalue weighted by atomic mass is 10.2. The van der Waals surface area contributed by atoms with Crippen LogP contribution in [0, 0.1) is 0 Å². The van der Waals surface area contributed by atoms with E-state index in [1.807, 2.05) is 12.1 Å². The third-order valence-electron chi connectivity index (χ3n) is 3.61. The number of carbonyl (C=O) groups excluding carboxylic acids is 1. The number of hydrogen-bond acceptors (Lipinski definition) is 5. The van der Waals surface area contributed by atoms with Gasteiger partial charge < -0.3 is 14.4 Å². The normalized spacial score (nSPS) is 17.3. The second kappa shape index (κ2) is 6.43. The van der Waals surface area contributed by atoms with Crippen molar-refractivity contribution < 1.29 is 14.3 Å². The van der Waals surface area contributed by atoms with E-state index in [9.17, 15) is 4.79 Å². The predicted octanol–water partition coefficient (Wildman–Crippen LogP) is 1.78. The molecule has 1 saturated heterocycles. The van der Waals surface area contributed by atoms with E-state index in [1.54, 1.807) is 36.4 Å². The molecule has 1 aliphatic heterocycles. The Morgan fingerprint density at radius 1 is 1.32 bits per heavy atom. The van der Waals surface area contributed by atoms with E-state index in [4.69, 9.17) is 9.47 Å². The van der Waals surface area contributed by atoms with Gasteiger partial charge in [0.1, 0.15) is 18.2 Å². The van der Waals surface area contributed by atoms with Crippen LogP contribution in [0.4, 0.5) is 0 Å². The van der Waals surface area contributed by atoms with Gasteiger partial charge in [-0.15, -0.1) is 0 Å². The van der Waals surface area contributed by atoms with Gasteiger partial charge in [0.2, 0.25) is 5.88 Å². The van der Waals surface area contributed by atoms with E-state index in [-0.39, 0.29) is 12.0 Å². The molecular formula is C16H17N3O3. The molecule has 2 heterocycles. The minimum atomic E-state index is -0.0476. The van der Waals surface area contributed by atoms with Gasteiger partial charge in [0.15, 0.2) is 0 Å². The van der Waals surface area contributed by atoms with Crippen LogP contribution in [0.25, 0.3) is 0 Å². The quantitative estimate of drug-likeness (QED) is 0.861. The third kappa shape index (κ3) is 3.00. The molecule has 0 radical (unpaired) electrons. The highest BCUT2D eigenvalue weighted by Crippen LogP contribution is 2.23. The largest absolute Gasteiger partial charge is 0.496 e. The van der Waals surface area contributed by atoms with Crippen molar-refractivity contribution in [2.24, 2.45) is 0 Å². The zero-order valence-corrected chi connectivity index (χ0v) is 12.3. The van der Waals surface area contributed by atoms with Gasteiger partial charge in [0, 0.05) is 25.2 Å². The van der Waals surface area contributed by atoms with Crippen molar-refractivity contribution in [2.75, 3.05) is 20.2 Å². The number of methoxy groups -OCH3 is 1. The monoisotopic (exact) mass is 299 g/mol. The van der Waals surface area contributed by atoms with Crippen LogP contribution in [0.5, 0.6) is 11.6 Å². The van der Waals surface area contributed by atoms with E-state index in [2.05, 4.69) is 9.97 Å². The average Bonchev–Trinajstić information content (AvgIpc) is 3.03. The SMILES string of the molecule is COc1ccccc1C(=O)N1CC[C@@H](Oc2ccncn2)C1. The maximum atomic E-state index is 12.6. The summed E-state index contributed by atoms with van der Waals surface area (Å²) >= 11 is 0. The van der Waals surface area contributed by atoms with Crippen molar-refractivity contribution >= 4 is 5.91 Å². The van der Waals surface area contributed by atoms with Crippen LogP contribution in [0.15, 0.2) is 42.9 Å². The highest BCUT2D eigenvalue weighted by atomic mass is 16.5. The summed E-state index contributed by atoms with van der Waals surface area (Å²) in [6.07, 6.45) is 3.82. The summed E-state index contributed by atoms with van der Waals surface area (Å²) in [5.41, 5.74) is 0.577. The van der Waals surface area contributed by atoms with Gasteiger partial charge in [-0.3, -0.25) is 4.79 Å². The van der Waals surface area contributed by atoms with Crippen molar-refractivity contribution in [3.05, 3.63) is 48.4 Å². The molecule has 0 bridgehead atoms. The molecule has 1 aliphatic rings. The zero-order chi connectivity index (χ0) is 15.4. The zero-order valence-electron chi connectivity index (χ0n) is 12.3. The van der Waals surface area contributed by atoms with Crippen LogP contribution in [-0.2, 0) is 0 Å². The van der Waals surface area contributed by atoms with E-state index in [1.165, 1.54) is 6.33 Å². The first kappa shape index (κ1) is 14.3. The molecule has 1 atom stereocenters. The number of ether oxygens (including phenoxy) is 2. The number of carbonyl (C=O) groups is 1. The summed E-state index contributed by atoms with van der Waals surface area (Å²) in [5.74, 6) is 1.09. The van der Waals surface area contributed by atoms with Crippen LogP contribution in [0.1, 0.15) is 16.8 Å². The van der Waals surface area contributed by atoms with E-state index >= 15 is 0 Å². The van der Waals surface area contributed by atoms with Crippen LogP contribution >= 0.6 is 0 Å². The molecule has 1 aromatic heterocycles. The molecule has 22 heavy (non-hydrogen) atoms. The predicted molar refractivity (Wildman–Crippen MR) is 80.0 cm³/mol. The van der Waals surface area contributed by atoms with Crippen LogP contribution in [0.3, 0.4) is 0 Å². The van der Waals surface area contributed by atoms with E-state index < -0.39 is 0 Å². The molecule has 1 aromatic carbocycles. The number of aromatic nitrogens is 2. The molecule has 3 rings (SSSR count). The Kier molecular flexibility index (Phi) is 4.18. The van der Waals surface area contributed by atoms with Crippen LogP contribution in [0.2, 0.25) is 0 Å². The number of rotatable bonds is 4. The molecule has 1 fully saturated rings. The first-order valence-corrected chi connectivity index (χ1v) is 7.13. The maximum Gasteiger partial charge on any atom is 0.257 e. The van der Waals surface area contributed by atoms with Gasteiger partial charge >= 0.3 is 0 Å². The molecule has 0 spiro atoms. The molecule has 6 heteroatoms. The Morgan fingerprint density at radius 2 is 2.18 bits per heavy atom. The topological polar surface area (TPSA) is 64.5 Å². The number of para-hydroxylation sites is 1. The molecule has 0 saturated carbocycles. The lowest BCUT2D eigenvalue weighted by Gasteiger charge is -2.18. The van der Waals surface area contributed by atoms with Crippen molar-refractivity contribution in [2.45, 2.75) is 12.5 Å². The standard InChI is InChI=1S/C16H17N3O3/c1-21-14-5-3-2-4-13(14)16(20)19-9-7-12(10-19)22-15-6-8-17-11-18-15/h2-6,8,11-12H,7,9-10H2,1H3/t12-/m1/s1. The molecule has 6 nitrogen and oxygen atoms in total. The summed E-state index contributed by atoms with van der Waals surface area (Å²) in [5, 5.41) is 0. The van der Waals surface area contributed by atoms with Gasteiger partial charge in [-0.1, -0.05) is 12.1 Å². The number of nitrogens with zero attached hydrogens (tertiary/aromatic N) is 3. The van der Waals surface area contributed by atoms with E-state index in [0.717, 1.165) is 6.42 Å². The van der Waals surface area contributed by atoms with Crippen molar-refractivity contribution in [3.63, 3.8) is 0 Å². The van der Waals surface area contributed by atoms with Crippen LogP contribution in [-0.4, -0.2) is 47.1 Å². The van der Waals surface area contributed by atoms with Crippen molar-refractivity contribution in [1.82, 2.24) is 14.9 Å². The lowest BCUT2D eigenvalue weighted by molar-refractivity contribution is 0.0768. The molecule has 114 valence electrons. The molecular weight excluding hydrogens is 282 g/mol. The molecule has 0 N–H and O–H groups in total. The second-order valence-corrected chi connectivity index (χ2v) is 5.03. The fraction of sp³-hybridized carbons (Fsp3) is 0.312. The van der Waals surface area contributed by atoms with Gasteiger partial charge in [-0.25, -0.2) is 9.97 Å². The second-order valence-electron chi connectivity index (χ2n) is 5.03.